The summed E-state index contributed by atoms with van der Waals surface area (Å²) in [6.45, 7) is 3.84. The Labute approximate surface area is 160 Å². The molecule has 0 saturated heterocycles. The molecule has 0 atom stereocenters. The van der Waals surface area contributed by atoms with Gasteiger partial charge in [0.15, 0.2) is 0 Å². The van der Waals surface area contributed by atoms with Crippen molar-refractivity contribution in [2.45, 2.75) is 19.5 Å². The minimum Gasteiger partial charge on any atom is -0.325 e. The van der Waals surface area contributed by atoms with Crippen molar-refractivity contribution in [2.75, 3.05) is 11.1 Å². The SMILES string of the molecule is CC1(C)N=C(SCC(=O)Nc2ccc(F)c(Cl)c2)C(c2ccccc2)=N1. The quantitative estimate of drug-likeness (QED) is 0.817. The normalized spacial score (nSPS) is 15.4. The molecule has 0 radical (unpaired) electrons. The van der Waals surface area contributed by atoms with Gasteiger partial charge in [0.1, 0.15) is 16.5 Å². The fourth-order valence-electron chi connectivity index (χ4n) is 2.44. The van der Waals surface area contributed by atoms with Gasteiger partial charge in [-0.3, -0.25) is 9.79 Å². The van der Waals surface area contributed by atoms with Crippen LogP contribution in [-0.2, 0) is 4.79 Å². The van der Waals surface area contributed by atoms with Gasteiger partial charge in [0, 0.05) is 11.3 Å². The second-order valence-corrected chi connectivity index (χ2v) is 7.57. The Morgan fingerprint density at radius 1 is 1.19 bits per heavy atom. The van der Waals surface area contributed by atoms with E-state index in [1.807, 2.05) is 44.2 Å². The van der Waals surface area contributed by atoms with E-state index in [4.69, 9.17) is 11.6 Å². The number of anilines is 1. The van der Waals surface area contributed by atoms with Crippen molar-refractivity contribution in [3.63, 3.8) is 0 Å². The number of hydrogen-bond donors (Lipinski definition) is 1. The molecule has 0 bridgehead atoms. The second-order valence-electron chi connectivity index (χ2n) is 6.20. The molecule has 1 amide bonds. The smallest absolute Gasteiger partial charge is 0.234 e. The van der Waals surface area contributed by atoms with Crippen molar-refractivity contribution >= 4 is 45.7 Å². The number of aliphatic imine (C=N–C) groups is 2. The van der Waals surface area contributed by atoms with Gasteiger partial charge in [0.05, 0.1) is 16.5 Å². The maximum Gasteiger partial charge on any atom is 0.234 e. The van der Waals surface area contributed by atoms with E-state index in [0.717, 1.165) is 16.3 Å². The van der Waals surface area contributed by atoms with E-state index in [1.165, 1.54) is 30.0 Å². The summed E-state index contributed by atoms with van der Waals surface area (Å²) >= 11 is 7.05. The van der Waals surface area contributed by atoms with Crippen LogP contribution in [0.2, 0.25) is 5.02 Å². The van der Waals surface area contributed by atoms with E-state index in [2.05, 4.69) is 15.3 Å². The van der Waals surface area contributed by atoms with Gasteiger partial charge in [-0.1, -0.05) is 53.7 Å². The van der Waals surface area contributed by atoms with Crippen molar-refractivity contribution in [1.29, 1.82) is 0 Å². The molecule has 1 aliphatic rings. The molecular formula is C19H17ClFN3OS. The highest BCUT2D eigenvalue weighted by atomic mass is 35.5. The molecule has 0 spiro atoms. The van der Waals surface area contributed by atoms with E-state index in [1.54, 1.807) is 0 Å². The number of nitrogens with one attached hydrogen (secondary N) is 1. The van der Waals surface area contributed by atoms with Crippen molar-refractivity contribution in [1.82, 2.24) is 0 Å². The lowest BCUT2D eigenvalue weighted by atomic mass is 10.1. The molecule has 0 fully saturated rings. The summed E-state index contributed by atoms with van der Waals surface area (Å²) < 4.78 is 13.2. The Morgan fingerprint density at radius 3 is 2.62 bits per heavy atom. The second kappa shape index (κ2) is 7.60. The number of benzene rings is 2. The lowest BCUT2D eigenvalue weighted by Crippen LogP contribution is -2.17. The third kappa shape index (κ3) is 4.51. The Morgan fingerprint density at radius 2 is 1.92 bits per heavy atom. The lowest BCUT2D eigenvalue weighted by Gasteiger charge is -2.08. The van der Waals surface area contributed by atoms with Gasteiger partial charge >= 0.3 is 0 Å². The molecule has 26 heavy (non-hydrogen) atoms. The fourth-order valence-corrected chi connectivity index (χ4v) is 3.55. The topological polar surface area (TPSA) is 53.8 Å². The summed E-state index contributed by atoms with van der Waals surface area (Å²) in [4.78, 5) is 21.5. The first kappa shape index (κ1) is 18.6. The molecule has 1 N–H and O–H groups in total. The van der Waals surface area contributed by atoms with Crippen LogP contribution in [0.1, 0.15) is 19.4 Å². The summed E-state index contributed by atoms with van der Waals surface area (Å²) in [5, 5.41) is 3.40. The van der Waals surface area contributed by atoms with Crippen LogP contribution < -0.4 is 5.32 Å². The van der Waals surface area contributed by atoms with Crippen molar-refractivity contribution in [2.24, 2.45) is 9.98 Å². The average molecular weight is 390 g/mol. The van der Waals surface area contributed by atoms with Crippen LogP contribution >= 0.6 is 23.4 Å². The van der Waals surface area contributed by atoms with Crippen molar-refractivity contribution < 1.29 is 9.18 Å². The number of rotatable bonds is 4. The molecule has 1 aliphatic heterocycles. The molecule has 3 rings (SSSR count). The summed E-state index contributed by atoms with van der Waals surface area (Å²) in [6.07, 6.45) is 0. The van der Waals surface area contributed by atoms with Gasteiger partial charge < -0.3 is 5.32 Å². The highest BCUT2D eigenvalue weighted by molar-refractivity contribution is 8.16. The predicted molar refractivity (Wildman–Crippen MR) is 107 cm³/mol. The highest BCUT2D eigenvalue weighted by Crippen LogP contribution is 2.27. The van der Waals surface area contributed by atoms with Gasteiger partial charge in [0.2, 0.25) is 5.91 Å². The van der Waals surface area contributed by atoms with Crippen molar-refractivity contribution in [3.8, 4) is 0 Å². The van der Waals surface area contributed by atoms with E-state index < -0.39 is 11.5 Å². The van der Waals surface area contributed by atoms with Gasteiger partial charge in [0.25, 0.3) is 0 Å². The Hall–Kier alpha value is -2.18. The molecule has 1 heterocycles. The summed E-state index contributed by atoms with van der Waals surface area (Å²) in [5.41, 5.74) is 1.66. The monoisotopic (exact) mass is 389 g/mol. The molecule has 0 saturated carbocycles. The minimum atomic E-state index is -0.547. The van der Waals surface area contributed by atoms with Crippen LogP contribution in [0.5, 0.6) is 0 Å². The van der Waals surface area contributed by atoms with Crippen molar-refractivity contribution in [3.05, 3.63) is 64.9 Å². The molecule has 0 aliphatic carbocycles. The molecule has 0 unspecified atom stereocenters. The average Bonchev–Trinajstić information content (AvgIpc) is 2.92. The Kier molecular flexibility index (Phi) is 5.44. The molecular weight excluding hydrogens is 373 g/mol. The zero-order chi connectivity index (χ0) is 18.7. The number of nitrogens with zero attached hydrogens (tertiary/aromatic N) is 2. The molecule has 0 aromatic heterocycles. The number of thioether (sulfide) groups is 1. The minimum absolute atomic E-state index is 0.0316. The van der Waals surface area contributed by atoms with Crippen LogP contribution in [0.4, 0.5) is 10.1 Å². The zero-order valence-corrected chi connectivity index (χ0v) is 15.9. The van der Waals surface area contributed by atoms with Crippen LogP contribution in [0, 0.1) is 5.82 Å². The summed E-state index contributed by atoms with van der Waals surface area (Å²) in [7, 11) is 0. The first-order valence-corrected chi connectivity index (χ1v) is 9.34. The predicted octanol–water partition coefficient (Wildman–Crippen LogP) is 4.79. The number of amides is 1. The summed E-state index contributed by atoms with van der Waals surface area (Å²) in [5.74, 6) is -0.585. The molecule has 134 valence electrons. The molecule has 7 heteroatoms. The third-order valence-corrected chi connectivity index (χ3v) is 4.81. The zero-order valence-electron chi connectivity index (χ0n) is 14.3. The van der Waals surface area contributed by atoms with E-state index in [0.29, 0.717) is 5.69 Å². The highest BCUT2D eigenvalue weighted by Gasteiger charge is 2.28. The van der Waals surface area contributed by atoms with Gasteiger partial charge in [-0.05, 0) is 32.0 Å². The maximum absolute atomic E-state index is 13.2. The first-order chi connectivity index (χ1) is 12.3. The van der Waals surface area contributed by atoms with E-state index in [9.17, 15) is 9.18 Å². The molecule has 2 aromatic carbocycles. The fraction of sp³-hybridized carbons (Fsp3) is 0.211. The van der Waals surface area contributed by atoms with E-state index in [-0.39, 0.29) is 16.7 Å². The van der Waals surface area contributed by atoms with Crippen LogP contribution in [0.3, 0.4) is 0 Å². The number of hydrogen-bond acceptors (Lipinski definition) is 4. The molecule has 4 nitrogen and oxygen atoms in total. The Balaban J connectivity index is 1.67. The summed E-state index contributed by atoms with van der Waals surface area (Å²) in [6, 6.07) is 13.8. The maximum atomic E-state index is 13.2. The lowest BCUT2D eigenvalue weighted by molar-refractivity contribution is -0.113. The number of halogens is 2. The van der Waals surface area contributed by atoms with Crippen LogP contribution in [0.25, 0.3) is 0 Å². The van der Waals surface area contributed by atoms with Crippen LogP contribution in [0.15, 0.2) is 58.5 Å². The van der Waals surface area contributed by atoms with Gasteiger partial charge in [-0.15, -0.1) is 0 Å². The third-order valence-electron chi connectivity index (χ3n) is 3.55. The standard InChI is InChI=1S/C19H17ClFN3OS/c1-19(2)23-17(12-6-4-3-5-7-12)18(24-19)26-11-16(25)22-13-8-9-15(21)14(20)10-13/h3-10H,11H2,1-2H3,(H,22,25). The molecule has 2 aromatic rings. The largest absolute Gasteiger partial charge is 0.325 e. The number of carbonyl (C=O) groups is 1. The Bertz CT molecular complexity index is 897. The van der Waals surface area contributed by atoms with Gasteiger partial charge in [-0.25, -0.2) is 9.38 Å². The van der Waals surface area contributed by atoms with E-state index >= 15 is 0 Å². The van der Waals surface area contributed by atoms with Crippen LogP contribution in [-0.4, -0.2) is 28.1 Å². The van der Waals surface area contributed by atoms with Gasteiger partial charge in [-0.2, -0.15) is 0 Å². The number of carbonyl (C=O) groups excluding carboxylic acids is 1. The first-order valence-electron chi connectivity index (χ1n) is 7.97.